The predicted octanol–water partition coefficient (Wildman–Crippen LogP) is 1.81. The minimum atomic E-state index is -1.77. The summed E-state index contributed by atoms with van der Waals surface area (Å²) in [6, 6.07) is 6.08. The Morgan fingerprint density at radius 1 is 0.909 bits per heavy atom. The van der Waals surface area contributed by atoms with Gasteiger partial charge in [-0.05, 0) is 61.2 Å². The largest absolute Gasteiger partial charge is 0.380 e. The van der Waals surface area contributed by atoms with Crippen LogP contribution in [-0.2, 0) is 18.0 Å². The summed E-state index contributed by atoms with van der Waals surface area (Å²) in [5.74, 6) is 1.14. The van der Waals surface area contributed by atoms with Gasteiger partial charge < -0.3 is 9.80 Å². The summed E-state index contributed by atoms with van der Waals surface area (Å²) in [5, 5.41) is -3.51. The first-order valence-electron chi connectivity index (χ1n) is 14.6. The molecule has 15 heteroatoms. The molecule has 6 rings (SSSR count). The van der Waals surface area contributed by atoms with Crippen molar-refractivity contribution < 1.29 is 0 Å². The molecule has 0 amide bonds. The Labute approximate surface area is 273 Å². The van der Waals surface area contributed by atoms with Crippen LogP contribution >= 0.6 is 11.8 Å². The minimum Gasteiger partial charge on any atom is -0.380 e. The highest BCUT2D eigenvalue weighted by Crippen LogP contribution is 2.45. The molecule has 0 unspecified atom stereocenters. The summed E-state index contributed by atoms with van der Waals surface area (Å²) in [6.45, 7) is 7.04. The fourth-order valence-corrected chi connectivity index (χ4v) is 7.77. The van der Waals surface area contributed by atoms with Gasteiger partial charge in [0.1, 0.15) is 13.7 Å². The third-order valence-electron chi connectivity index (χ3n) is 8.61. The Bertz CT molecular complexity index is 1660. The van der Waals surface area contributed by atoms with Crippen molar-refractivity contribution in [3.05, 3.63) is 65.5 Å². The Hall–Kier alpha value is -2.68. The fourth-order valence-electron chi connectivity index (χ4n) is 6.61. The first-order chi connectivity index (χ1) is 20.6. The molecule has 1 aliphatic carbocycles. The second-order valence-corrected chi connectivity index (χ2v) is 13.9. The molecule has 1 spiro atoms. The Morgan fingerprint density at radius 3 is 2.27 bits per heavy atom. The monoisotopic (exact) mass is 583 g/mol. The number of anilines is 2. The number of hydrogen-bond donors (Lipinski definition) is 0. The summed E-state index contributed by atoms with van der Waals surface area (Å²) in [4.78, 5) is 24.0. The van der Waals surface area contributed by atoms with Crippen LogP contribution in [0.25, 0.3) is 5.65 Å². The lowest BCUT2D eigenvalue weighted by atomic mass is 9.41. The minimum absolute atomic E-state index is 0.218. The Balaban J connectivity index is 1.36. The lowest BCUT2D eigenvalue weighted by molar-refractivity contribution is 0.230. The van der Waals surface area contributed by atoms with Gasteiger partial charge in [0.25, 0.3) is 0 Å². The van der Waals surface area contributed by atoms with Gasteiger partial charge in [0.15, 0.2) is 5.65 Å². The van der Waals surface area contributed by atoms with E-state index in [1.165, 1.54) is 27.9 Å². The lowest BCUT2D eigenvalue weighted by Gasteiger charge is -2.49. The highest BCUT2D eigenvalue weighted by molar-refractivity contribution is 7.99. The van der Waals surface area contributed by atoms with Crippen LogP contribution in [-0.4, -0.2) is 103 Å². The quantitative estimate of drug-likeness (QED) is 0.308. The molecule has 0 N–H and O–H groups in total. The van der Waals surface area contributed by atoms with E-state index in [1.807, 2.05) is 35.9 Å². The van der Waals surface area contributed by atoms with Crippen molar-refractivity contribution in [1.29, 1.82) is 0 Å². The van der Waals surface area contributed by atoms with Gasteiger partial charge in [-0.25, -0.2) is 15.0 Å². The Morgan fingerprint density at radius 2 is 1.64 bits per heavy atom. The summed E-state index contributed by atoms with van der Waals surface area (Å²) in [5.41, 5.74) is 3.49. The summed E-state index contributed by atoms with van der Waals surface area (Å²) in [6.07, 6.45) is 11.3. The van der Waals surface area contributed by atoms with Gasteiger partial charge >= 0.3 is 0 Å². The van der Waals surface area contributed by atoms with E-state index in [4.69, 9.17) is 64.9 Å². The van der Waals surface area contributed by atoms with E-state index in [1.54, 1.807) is 26.2 Å². The molecule has 14 radical (unpaired) electrons. The number of fused-ring (bicyclic) bond motifs is 2. The van der Waals surface area contributed by atoms with E-state index in [-0.39, 0.29) is 5.41 Å². The van der Waals surface area contributed by atoms with E-state index in [2.05, 4.69) is 20.9 Å². The number of pyridine rings is 2. The summed E-state index contributed by atoms with van der Waals surface area (Å²) >= 11 is 1.38. The Kier molecular flexibility index (Phi) is 7.82. The van der Waals surface area contributed by atoms with Gasteiger partial charge in [-0.15, -0.1) is 0 Å². The van der Waals surface area contributed by atoms with E-state index < -0.39 is 15.8 Å². The smallest absolute Gasteiger partial charge is 0.211 e. The average molecular weight is 582 g/mol. The molecule has 1 fully saturated rings. The van der Waals surface area contributed by atoms with Crippen LogP contribution in [0.4, 0.5) is 11.8 Å². The van der Waals surface area contributed by atoms with Crippen molar-refractivity contribution in [2.24, 2.45) is 5.41 Å². The maximum absolute atomic E-state index is 6.42. The van der Waals surface area contributed by atoms with Crippen molar-refractivity contribution in [2.45, 2.75) is 72.0 Å². The third kappa shape index (κ3) is 5.74. The van der Waals surface area contributed by atoms with Crippen LogP contribution < -0.4 is 9.80 Å². The number of imidazole rings is 1. The first-order valence-corrected chi connectivity index (χ1v) is 15.4. The van der Waals surface area contributed by atoms with E-state index in [9.17, 15) is 0 Å². The van der Waals surface area contributed by atoms with Crippen LogP contribution in [0.5, 0.6) is 0 Å². The van der Waals surface area contributed by atoms with Gasteiger partial charge in [0.2, 0.25) is 5.95 Å². The molecule has 4 aromatic rings. The number of piperidine rings is 1. The third-order valence-corrected chi connectivity index (χ3v) is 9.85. The van der Waals surface area contributed by atoms with Crippen LogP contribution in [0, 0.1) is 12.3 Å². The zero-order valence-corrected chi connectivity index (χ0v) is 26.2. The molecule has 1 saturated heterocycles. The highest BCUT2D eigenvalue weighted by atomic mass is 32.2. The van der Waals surface area contributed by atoms with E-state index in [0.29, 0.717) is 28.0 Å². The maximum atomic E-state index is 6.42. The van der Waals surface area contributed by atoms with Crippen molar-refractivity contribution in [1.82, 2.24) is 24.3 Å². The highest BCUT2D eigenvalue weighted by Gasteiger charge is 2.41. The van der Waals surface area contributed by atoms with Gasteiger partial charge in [0, 0.05) is 59.7 Å². The summed E-state index contributed by atoms with van der Waals surface area (Å²) in [7, 11) is 43.9. The number of hydrogen-bond acceptors (Lipinski definition) is 7. The van der Waals surface area contributed by atoms with E-state index >= 15 is 0 Å². The van der Waals surface area contributed by atoms with Crippen LogP contribution in [0.15, 0.2) is 52.8 Å². The lowest BCUT2D eigenvalue weighted by Crippen LogP contribution is -2.61. The van der Waals surface area contributed by atoms with Gasteiger partial charge in [-0.1, -0.05) is 42.0 Å². The SMILES string of the molecule is [B]C([B])([B])c1nc(N2CCC3(CC2)Cc2cccnc2C3)n2ccnc2c1Sc1ccnc(N(C([B])([B])[B])C([B])(C)C)c1C. The van der Waals surface area contributed by atoms with Gasteiger partial charge in [-0.3, -0.25) is 9.38 Å². The molecule has 44 heavy (non-hydrogen) atoms. The molecule has 0 aromatic carbocycles. The zero-order chi connectivity index (χ0) is 31.7. The second kappa shape index (κ2) is 11.0. The molecule has 1 aliphatic heterocycles. The molecule has 0 bridgehead atoms. The predicted molar refractivity (Wildman–Crippen MR) is 183 cm³/mol. The molecule has 206 valence electrons. The van der Waals surface area contributed by atoms with Gasteiger partial charge in [-0.2, -0.15) is 0 Å². The molecule has 0 saturated carbocycles. The number of nitrogens with zero attached hydrogens (tertiary/aromatic N) is 7. The van der Waals surface area contributed by atoms with E-state index in [0.717, 1.165) is 49.2 Å². The zero-order valence-electron chi connectivity index (χ0n) is 25.4. The van der Waals surface area contributed by atoms with Crippen molar-refractivity contribution in [2.75, 3.05) is 22.9 Å². The topological polar surface area (TPSA) is 62.5 Å². The number of rotatable bonds is 7. The van der Waals surface area contributed by atoms with Crippen LogP contribution in [0.3, 0.4) is 0 Å². The molecule has 0 atom stereocenters. The standard InChI is InChI=1S/C29H28B7N7S/c1-17-20(6-10-38-23(17)43(26(2,3)30)29(34,35)36)44-21-22(28(31,32)33)40-25(42-14-11-39-24(21)42)41-12-7-27(8-13-41)15-18-5-4-9-37-19(18)16-27/h4-6,9-11,14H,7-8,12-13,15-16H2,1-3H3. The summed E-state index contributed by atoms with van der Waals surface area (Å²) < 4.78 is 1.97. The maximum Gasteiger partial charge on any atom is 0.211 e. The van der Waals surface area contributed by atoms with Crippen molar-refractivity contribution >= 4 is 84.1 Å². The van der Waals surface area contributed by atoms with Gasteiger partial charge in [0.05, 0.1) is 52.0 Å². The molecular formula is C29H28B7N7S. The van der Waals surface area contributed by atoms with Crippen LogP contribution in [0.1, 0.15) is 49.2 Å². The fraction of sp³-hybridized carbons (Fsp3) is 0.448. The second-order valence-electron chi connectivity index (χ2n) is 12.8. The van der Waals surface area contributed by atoms with Crippen molar-refractivity contribution in [3.8, 4) is 0 Å². The number of aromatic nitrogens is 5. The molecule has 4 aromatic heterocycles. The molecule has 2 aliphatic rings. The normalized spacial score (nSPS) is 16.8. The van der Waals surface area contributed by atoms with Crippen LogP contribution in [0.2, 0.25) is 0 Å². The average Bonchev–Trinajstić information content (AvgIpc) is 3.54. The molecular weight excluding hydrogens is 554 g/mol. The molecule has 5 heterocycles. The molecule has 7 nitrogen and oxygen atoms in total. The first kappa shape index (κ1) is 31.3. The van der Waals surface area contributed by atoms with Crippen molar-refractivity contribution in [3.63, 3.8) is 0 Å².